The van der Waals surface area contributed by atoms with Crippen LogP contribution in [0, 0.1) is 13.8 Å². The Kier molecular flexibility index (Phi) is 4.72. The lowest BCUT2D eigenvalue weighted by Crippen LogP contribution is -2.13. The van der Waals surface area contributed by atoms with E-state index in [9.17, 15) is 9.59 Å². The standard InChI is InChI=1S/C22H20N2O5/c1-13-9-18(19(25)11-27-17-6-3-15(4-7-17)22(23)26)14(2)24(13)16-5-8-20-21(10-16)29-12-28-20/h3-10H,11-12H2,1-2H3,(H2,23,26). The van der Waals surface area contributed by atoms with Gasteiger partial charge in [-0.15, -0.1) is 0 Å². The molecule has 7 heteroatoms. The topological polar surface area (TPSA) is 92.8 Å². The van der Waals surface area contributed by atoms with Crippen LogP contribution in [0.1, 0.15) is 32.1 Å². The monoisotopic (exact) mass is 392 g/mol. The molecule has 1 aliphatic rings. The van der Waals surface area contributed by atoms with Crippen LogP contribution in [0.2, 0.25) is 0 Å². The summed E-state index contributed by atoms with van der Waals surface area (Å²) in [5, 5.41) is 0. The van der Waals surface area contributed by atoms with Crippen molar-refractivity contribution in [2.24, 2.45) is 5.73 Å². The van der Waals surface area contributed by atoms with Crippen LogP contribution < -0.4 is 19.9 Å². The number of rotatable bonds is 6. The van der Waals surface area contributed by atoms with Gasteiger partial charge >= 0.3 is 0 Å². The number of hydrogen-bond acceptors (Lipinski definition) is 5. The Hall–Kier alpha value is -3.74. The maximum atomic E-state index is 12.7. The number of primary amides is 1. The van der Waals surface area contributed by atoms with Crippen molar-refractivity contribution in [1.82, 2.24) is 4.57 Å². The molecule has 2 heterocycles. The van der Waals surface area contributed by atoms with Crippen LogP contribution in [0.3, 0.4) is 0 Å². The normalized spacial score (nSPS) is 12.1. The van der Waals surface area contributed by atoms with Crippen molar-refractivity contribution in [2.75, 3.05) is 13.4 Å². The summed E-state index contributed by atoms with van der Waals surface area (Å²) in [7, 11) is 0. The fourth-order valence-corrected chi connectivity index (χ4v) is 3.41. The highest BCUT2D eigenvalue weighted by Gasteiger charge is 2.20. The summed E-state index contributed by atoms with van der Waals surface area (Å²) in [6.45, 7) is 3.94. The number of nitrogens with zero attached hydrogens (tertiary/aromatic N) is 1. The van der Waals surface area contributed by atoms with E-state index in [0.29, 0.717) is 28.4 Å². The molecule has 4 rings (SSSR count). The Morgan fingerprint density at radius 3 is 2.48 bits per heavy atom. The Morgan fingerprint density at radius 2 is 1.76 bits per heavy atom. The minimum absolute atomic E-state index is 0.110. The van der Waals surface area contributed by atoms with Crippen molar-refractivity contribution in [3.05, 3.63) is 71.0 Å². The van der Waals surface area contributed by atoms with Gasteiger partial charge in [0.2, 0.25) is 18.5 Å². The SMILES string of the molecule is Cc1cc(C(=O)COc2ccc(C(N)=O)cc2)c(C)n1-c1ccc2c(c1)OCO2. The van der Waals surface area contributed by atoms with E-state index in [1.807, 2.05) is 42.7 Å². The largest absolute Gasteiger partial charge is 0.485 e. The van der Waals surface area contributed by atoms with Gasteiger partial charge in [-0.25, -0.2) is 0 Å². The Morgan fingerprint density at radius 1 is 1.03 bits per heavy atom. The summed E-state index contributed by atoms with van der Waals surface area (Å²) < 4.78 is 18.4. The van der Waals surface area contributed by atoms with E-state index in [4.69, 9.17) is 19.9 Å². The van der Waals surface area contributed by atoms with Crippen LogP contribution >= 0.6 is 0 Å². The number of aryl methyl sites for hydroxylation is 1. The quantitative estimate of drug-likeness (QED) is 0.651. The molecule has 2 N–H and O–H groups in total. The Labute approximate surface area is 167 Å². The van der Waals surface area contributed by atoms with E-state index < -0.39 is 5.91 Å². The molecule has 0 saturated heterocycles. The van der Waals surface area contributed by atoms with Gasteiger partial charge in [0.25, 0.3) is 0 Å². The molecular weight excluding hydrogens is 372 g/mol. The predicted molar refractivity (Wildman–Crippen MR) is 106 cm³/mol. The van der Waals surface area contributed by atoms with Crippen LogP contribution in [0.25, 0.3) is 5.69 Å². The third-order valence-electron chi connectivity index (χ3n) is 4.85. The first-order valence-electron chi connectivity index (χ1n) is 9.09. The lowest BCUT2D eigenvalue weighted by Gasteiger charge is -2.11. The van der Waals surface area contributed by atoms with E-state index in [1.165, 1.54) is 0 Å². The molecule has 7 nitrogen and oxygen atoms in total. The van der Waals surface area contributed by atoms with Crippen molar-refractivity contribution in [3.8, 4) is 22.9 Å². The first kappa shape index (κ1) is 18.6. The minimum atomic E-state index is -0.511. The van der Waals surface area contributed by atoms with Gasteiger partial charge in [-0.2, -0.15) is 0 Å². The third-order valence-corrected chi connectivity index (χ3v) is 4.85. The molecule has 0 unspecified atom stereocenters. The number of fused-ring (bicyclic) bond motifs is 1. The molecule has 1 aliphatic heterocycles. The Balaban J connectivity index is 1.52. The van der Waals surface area contributed by atoms with Gasteiger partial charge < -0.3 is 24.5 Å². The van der Waals surface area contributed by atoms with Gasteiger partial charge in [-0.1, -0.05) is 0 Å². The summed E-state index contributed by atoms with van der Waals surface area (Å²) >= 11 is 0. The Bertz CT molecular complexity index is 1100. The third kappa shape index (κ3) is 3.54. The number of Topliss-reactive ketones (excluding diaryl/α,β-unsaturated/α-hetero) is 1. The van der Waals surface area contributed by atoms with E-state index in [-0.39, 0.29) is 19.2 Å². The van der Waals surface area contributed by atoms with Crippen molar-refractivity contribution >= 4 is 11.7 Å². The van der Waals surface area contributed by atoms with E-state index in [0.717, 1.165) is 17.1 Å². The summed E-state index contributed by atoms with van der Waals surface area (Å²) in [6, 6.07) is 13.9. The van der Waals surface area contributed by atoms with Gasteiger partial charge in [0, 0.05) is 34.3 Å². The van der Waals surface area contributed by atoms with Crippen LogP contribution in [0.5, 0.6) is 17.2 Å². The molecule has 29 heavy (non-hydrogen) atoms. The first-order valence-corrected chi connectivity index (χ1v) is 9.09. The molecule has 0 aliphatic carbocycles. The molecule has 0 spiro atoms. The number of carbonyl (C=O) groups excluding carboxylic acids is 2. The predicted octanol–water partition coefficient (Wildman–Crippen LogP) is 3.18. The zero-order valence-electron chi connectivity index (χ0n) is 16.1. The number of amides is 1. The molecule has 0 atom stereocenters. The van der Waals surface area contributed by atoms with Crippen molar-refractivity contribution in [3.63, 3.8) is 0 Å². The smallest absolute Gasteiger partial charge is 0.248 e. The number of nitrogens with two attached hydrogens (primary N) is 1. The summed E-state index contributed by atoms with van der Waals surface area (Å²) in [5.41, 5.74) is 8.84. The molecule has 3 aromatic rings. The molecule has 0 radical (unpaired) electrons. The van der Waals surface area contributed by atoms with Gasteiger partial charge in [0.15, 0.2) is 18.1 Å². The minimum Gasteiger partial charge on any atom is -0.485 e. The van der Waals surface area contributed by atoms with Gasteiger partial charge in [0.05, 0.1) is 0 Å². The molecule has 0 fully saturated rings. The highest BCUT2D eigenvalue weighted by atomic mass is 16.7. The lowest BCUT2D eigenvalue weighted by atomic mass is 10.1. The van der Waals surface area contributed by atoms with E-state index >= 15 is 0 Å². The number of hydrogen-bond donors (Lipinski definition) is 1. The van der Waals surface area contributed by atoms with Crippen LogP contribution in [-0.2, 0) is 0 Å². The fraction of sp³-hybridized carbons (Fsp3) is 0.182. The zero-order chi connectivity index (χ0) is 20.5. The van der Waals surface area contributed by atoms with E-state index in [1.54, 1.807) is 24.3 Å². The molecule has 2 aromatic carbocycles. The maximum absolute atomic E-state index is 12.7. The number of aromatic nitrogens is 1. The van der Waals surface area contributed by atoms with Crippen LogP contribution in [-0.4, -0.2) is 29.7 Å². The second-order valence-corrected chi connectivity index (χ2v) is 6.76. The molecule has 0 bridgehead atoms. The second-order valence-electron chi connectivity index (χ2n) is 6.76. The maximum Gasteiger partial charge on any atom is 0.248 e. The summed E-state index contributed by atoms with van der Waals surface area (Å²) in [5.74, 6) is 1.24. The number of carbonyl (C=O) groups is 2. The molecular formula is C22H20N2O5. The number of ether oxygens (including phenoxy) is 3. The van der Waals surface area contributed by atoms with Gasteiger partial charge in [0.1, 0.15) is 5.75 Å². The highest BCUT2D eigenvalue weighted by molar-refractivity contribution is 5.99. The van der Waals surface area contributed by atoms with Gasteiger partial charge in [-0.3, -0.25) is 9.59 Å². The lowest BCUT2D eigenvalue weighted by molar-refractivity contribution is 0.0919. The van der Waals surface area contributed by atoms with Crippen molar-refractivity contribution in [2.45, 2.75) is 13.8 Å². The summed E-state index contributed by atoms with van der Waals surface area (Å²) in [6.07, 6.45) is 0. The molecule has 1 amide bonds. The van der Waals surface area contributed by atoms with Crippen LogP contribution in [0.4, 0.5) is 0 Å². The average molecular weight is 392 g/mol. The molecule has 148 valence electrons. The second kappa shape index (κ2) is 7.35. The van der Waals surface area contributed by atoms with Crippen LogP contribution in [0.15, 0.2) is 48.5 Å². The zero-order valence-corrected chi connectivity index (χ0v) is 16.1. The summed E-state index contributed by atoms with van der Waals surface area (Å²) in [4.78, 5) is 23.9. The first-order chi connectivity index (χ1) is 13.9. The average Bonchev–Trinajstić information content (AvgIpc) is 3.29. The molecule has 0 saturated carbocycles. The van der Waals surface area contributed by atoms with Crippen molar-refractivity contribution in [1.29, 1.82) is 0 Å². The van der Waals surface area contributed by atoms with E-state index in [2.05, 4.69) is 0 Å². The molecule has 1 aromatic heterocycles. The van der Waals surface area contributed by atoms with Gasteiger partial charge in [-0.05, 0) is 56.3 Å². The number of ketones is 1. The number of benzene rings is 2. The van der Waals surface area contributed by atoms with Crippen molar-refractivity contribution < 1.29 is 23.8 Å². The fourth-order valence-electron chi connectivity index (χ4n) is 3.41. The highest BCUT2D eigenvalue weighted by Crippen LogP contribution is 2.35.